The molecule has 2 rings (SSSR count). The van der Waals surface area contributed by atoms with E-state index in [0.717, 1.165) is 12.1 Å². The Morgan fingerprint density at radius 1 is 1.17 bits per heavy atom. The molecule has 0 saturated carbocycles. The minimum atomic E-state index is -0.247. The van der Waals surface area contributed by atoms with Crippen molar-refractivity contribution in [1.82, 2.24) is 20.5 Å². The number of benzene rings is 1. The van der Waals surface area contributed by atoms with Crippen LogP contribution in [0.1, 0.15) is 0 Å². The third-order valence-corrected chi connectivity index (χ3v) is 2.41. The van der Waals surface area contributed by atoms with Crippen molar-refractivity contribution in [3.05, 3.63) is 40.7 Å². The standard InChI is InChI=1S/C12H15N5O/c1-13-7-8-14-12-15-11(18)10(16-17-12)9-5-3-2-4-6-9/h2-6,13H,7-8H2,1H3,(H2,14,15,17,18). The van der Waals surface area contributed by atoms with Gasteiger partial charge in [0.25, 0.3) is 5.56 Å². The van der Waals surface area contributed by atoms with Crippen molar-refractivity contribution in [2.75, 3.05) is 25.5 Å². The maximum atomic E-state index is 11.9. The van der Waals surface area contributed by atoms with Gasteiger partial charge < -0.3 is 10.6 Å². The molecule has 1 aromatic carbocycles. The first-order chi connectivity index (χ1) is 8.81. The highest BCUT2D eigenvalue weighted by atomic mass is 16.1. The highest BCUT2D eigenvalue weighted by molar-refractivity contribution is 5.57. The molecule has 6 nitrogen and oxygen atoms in total. The number of hydrogen-bond donors (Lipinski definition) is 3. The number of aromatic amines is 1. The van der Waals surface area contributed by atoms with Crippen molar-refractivity contribution in [3.63, 3.8) is 0 Å². The van der Waals surface area contributed by atoms with Crippen molar-refractivity contribution in [2.45, 2.75) is 0 Å². The summed E-state index contributed by atoms with van der Waals surface area (Å²) in [6.45, 7) is 1.45. The van der Waals surface area contributed by atoms with E-state index in [2.05, 4.69) is 25.8 Å². The van der Waals surface area contributed by atoms with Crippen LogP contribution in [0, 0.1) is 0 Å². The number of likely N-dealkylation sites (N-methyl/N-ethyl adjacent to an activating group) is 1. The summed E-state index contributed by atoms with van der Waals surface area (Å²) >= 11 is 0. The molecule has 1 heterocycles. The van der Waals surface area contributed by atoms with E-state index in [0.29, 0.717) is 18.2 Å². The zero-order valence-corrected chi connectivity index (χ0v) is 10.1. The molecule has 3 N–H and O–H groups in total. The minimum absolute atomic E-state index is 0.247. The van der Waals surface area contributed by atoms with Gasteiger partial charge in [-0.15, -0.1) is 10.2 Å². The molecule has 94 valence electrons. The zero-order chi connectivity index (χ0) is 12.8. The van der Waals surface area contributed by atoms with E-state index in [-0.39, 0.29) is 5.56 Å². The molecule has 18 heavy (non-hydrogen) atoms. The van der Waals surface area contributed by atoms with Crippen LogP contribution in [0.3, 0.4) is 0 Å². The predicted molar refractivity (Wildman–Crippen MR) is 70.5 cm³/mol. The Hall–Kier alpha value is -2.21. The van der Waals surface area contributed by atoms with Crippen LogP contribution in [0.15, 0.2) is 35.1 Å². The molecular formula is C12H15N5O. The lowest BCUT2D eigenvalue weighted by atomic mass is 10.2. The number of nitrogens with zero attached hydrogens (tertiary/aromatic N) is 2. The van der Waals surface area contributed by atoms with Gasteiger partial charge in [-0.25, -0.2) is 0 Å². The molecule has 0 saturated heterocycles. The van der Waals surface area contributed by atoms with Crippen molar-refractivity contribution >= 4 is 5.95 Å². The predicted octanol–water partition coefficient (Wildman–Crippen LogP) is 0.463. The van der Waals surface area contributed by atoms with Crippen molar-refractivity contribution in [1.29, 1.82) is 0 Å². The Kier molecular flexibility index (Phi) is 4.03. The summed E-state index contributed by atoms with van der Waals surface area (Å²) in [5.41, 5.74) is 0.839. The fourth-order valence-corrected chi connectivity index (χ4v) is 1.51. The van der Waals surface area contributed by atoms with Gasteiger partial charge >= 0.3 is 0 Å². The molecule has 2 aromatic rings. The van der Waals surface area contributed by atoms with Crippen LogP contribution >= 0.6 is 0 Å². The highest BCUT2D eigenvalue weighted by Gasteiger charge is 2.06. The van der Waals surface area contributed by atoms with Crippen LogP contribution < -0.4 is 16.2 Å². The molecule has 0 aliphatic heterocycles. The van der Waals surface area contributed by atoms with Crippen molar-refractivity contribution in [3.8, 4) is 11.3 Å². The second-order valence-electron chi connectivity index (χ2n) is 3.75. The topological polar surface area (TPSA) is 82.7 Å². The van der Waals surface area contributed by atoms with E-state index in [1.54, 1.807) is 0 Å². The molecule has 1 aromatic heterocycles. The van der Waals surface area contributed by atoms with Gasteiger partial charge in [0.15, 0.2) is 5.69 Å². The van der Waals surface area contributed by atoms with Gasteiger partial charge in [0.1, 0.15) is 0 Å². The Balaban J connectivity index is 2.18. The summed E-state index contributed by atoms with van der Waals surface area (Å²) in [4.78, 5) is 14.5. The van der Waals surface area contributed by atoms with Gasteiger partial charge in [0, 0.05) is 18.7 Å². The molecule has 0 radical (unpaired) electrons. The minimum Gasteiger partial charge on any atom is -0.353 e. The lowest BCUT2D eigenvalue weighted by Gasteiger charge is -2.04. The monoisotopic (exact) mass is 245 g/mol. The molecule has 0 aliphatic rings. The van der Waals surface area contributed by atoms with Crippen LogP contribution in [-0.2, 0) is 0 Å². The average Bonchev–Trinajstić information content (AvgIpc) is 2.40. The highest BCUT2D eigenvalue weighted by Crippen LogP contribution is 2.10. The third kappa shape index (κ3) is 2.92. The number of H-pyrrole nitrogens is 1. The van der Waals surface area contributed by atoms with E-state index in [1.807, 2.05) is 37.4 Å². The van der Waals surface area contributed by atoms with Crippen LogP contribution in [0.2, 0.25) is 0 Å². The fraction of sp³-hybridized carbons (Fsp3) is 0.250. The van der Waals surface area contributed by atoms with E-state index in [9.17, 15) is 4.79 Å². The first-order valence-electron chi connectivity index (χ1n) is 5.72. The summed E-state index contributed by atoms with van der Waals surface area (Å²) in [6.07, 6.45) is 0. The Morgan fingerprint density at radius 2 is 1.94 bits per heavy atom. The summed E-state index contributed by atoms with van der Waals surface area (Å²) < 4.78 is 0. The molecule has 0 unspecified atom stereocenters. The molecule has 6 heteroatoms. The molecular weight excluding hydrogens is 230 g/mol. The van der Waals surface area contributed by atoms with E-state index in [1.165, 1.54) is 0 Å². The second kappa shape index (κ2) is 5.92. The van der Waals surface area contributed by atoms with Crippen LogP contribution in [0.5, 0.6) is 0 Å². The molecule has 0 atom stereocenters. The normalized spacial score (nSPS) is 10.3. The summed E-state index contributed by atoms with van der Waals surface area (Å²) in [5, 5.41) is 13.9. The molecule has 0 amide bonds. The second-order valence-corrected chi connectivity index (χ2v) is 3.75. The van der Waals surface area contributed by atoms with Gasteiger partial charge in [-0.2, -0.15) is 0 Å². The lowest BCUT2D eigenvalue weighted by molar-refractivity contribution is 0.811. The van der Waals surface area contributed by atoms with E-state index >= 15 is 0 Å². The Bertz CT molecular complexity index is 552. The summed E-state index contributed by atoms with van der Waals surface area (Å²) in [6, 6.07) is 9.25. The third-order valence-electron chi connectivity index (χ3n) is 2.41. The first kappa shape index (κ1) is 12.3. The van der Waals surface area contributed by atoms with Gasteiger partial charge in [-0.05, 0) is 7.05 Å². The Morgan fingerprint density at radius 3 is 2.61 bits per heavy atom. The van der Waals surface area contributed by atoms with Crippen LogP contribution in [0.4, 0.5) is 5.95 Å². The van der Waals surface area contributed by atoms with Gasteiger partial charge in [0.2, 0.25) is 5.95 Å². The number of nitrogens with one attached hydrogen (secondary N) is 3. The molecule has 0 aliphatic carbocycles. The number of rotatable bonds is 5. The first-order valence-corrected chi connectivity index (χ1v) is 5.72. The number of aromatic nitrogens is 3. The summed E-state index contributed by atoms with van der Waals surface area (Å²) in [5.74, 6) is 0.384. The quantitative estimate of drug-likeness (QED) is 0.667. The number of hydrogen-bond acceptors (Lipinski definition) is 5. The van der Waals surface area contributed by atoms with Crippen molar-refractivity contribution in [2.24, 2.45) is 0 Å². The van der Waals surface area contributed by atoms with Crippen LogP contribution in [0.25, 0.3) is 11.3 Å². The Labute approximate surface area is 104 Å². The average molecular weight is 245 g/mol. The van der Waals surface area contributed by atoms with Crippen molar-refractivity contribution < 1.29 is 0 Å². The van der Waals surface area contributed by atoms with Gasteiger partial charge in [0.05, 0.1) is 0 Å². The molecule has 0 spiro atoms. The lowest BCUT2D eigenvalue weighted by Crippen LogP contribution is -2.22. The zero-order valence-electron chi connectivity index (χ0n) is 10.1. The van der Waals surface area contributed by atoms with Gasteiger partial charge in [-0.3, -0.25) is 9.78 Å². The summed E-state index contributed by atoms with van der Waals surface area (Å²) in [7, 11) is 1.86. The van der Waals surface area contributed by atoms with Gasteiger partial charge in [-0.1, -0.05) is 30.3 Å². The number of anilines is 1. The smallest absolute Gasteiger partial charge is 0.279 e. The van der Waals surface area contributed by atoms with E-state index < -0.39 is 0 Å². The maximum absolute atomic E-state index is 11.9. The van der Waals surface area contributed by atoms with E-state index in [4.69, 9.17) is 0 Å². The van der Waals surface area contributed by atoms with Crippen LogP contribution in [-0.4, -0.2) is 35.3 Å². The maximum Gasteiger partial charge on any atom is 0.279 e. The largest absolute Gasteiger partial charge is 0.353 e. The molecule has 0 fully saturated rings. The SMILES string of the molecule is CNCCNc1nnc(-c2ccccc2)c(=O)[nH]1. The fourth-order valence-electron chi connectivity index (χ4n) is 1.51. The molecule has 0 bridgehead atoms.